The number of sulfone groups is 1. The molecule has 0 amide bonds. The minimum Gasteiger partial charge on any atom is -0.618 e. The van der Waals surface area contributed by atoms with Crippen LogP contribution in [0.15, 0.2) is 87.8 Å². The SMILES string of the molecule is CC1(C)C=C(c2cccc[n+]2[O-])C2=C(CCCC(S(=O)(=O)c3ccccc3)=C2)C1. The lowest BCUT2D eigenvalue weighted by Crippen LogP contribution is -2.32. The van der Waals surface area contributed by atoms with Crippen LogP contribution in [0.1, 0.15) is 45.2 Å². The third kappa shape index (κ3) is 3.79. The molecule has 0 fully saturated rings. The number of hydrogen-bond donors (Lipinski definition) is 0. The van der Waals surface area contributed by atoms with Crippen molar-refractivity contribution in [2.75, 3.05) is 0 Å². The van der Waals surface area contributed by atoms with Gasteiger partial charge in [-0.25, -0.2) is 8.42 Å². The minimum absolute atomic E-state index is 0.0896. The summed E-state index contributed by atoms with van der Waals surface area (Å²) in [5.74, 6) is 0. The smallest absolute Gasteiger partial charge is 0.224 e. The zero-order chi connectivity index (χ0) is 20.6. The van der Waals surface area contributed by atoms with Crippen LogP contribution in [0.4, 0.5) is 0 Å². The molecule has 1 aromatic carbocycles. The fraction of sp³-hybridized carbons (Fsp3) is 0.292. The monoisotopic (exact) mass is 407 g/mol. The molecule has 0 N–H and O–H groups in total. The summed E-state index contributed by atoms with van der Waals surface area (Å²) in [7, 11) is -3.57. The second kappa shape index (κ2) is 7.30. The number of benzene rings is 1. The average molecular weight is 408 g/mol. The first-order chi connectivity index (χ1) is 13.8. The van der Waals surface area contributed by atoms with Crippen molar-refractivity contribution >= 4 is 15.4 Å². The Bertz CT molecular complexity index is 1140. The van der Waals surface area contributed by atoms with E-state index in [1.54, 1.807) is 36.4 Å². The summed E-state index contributed by atoms with van der Waals surface area (Å²) >= 11 is 0. The fourth-order valence-corrected chi connectivity index (χ4v) is 5.78. The Morgan fingerprint density at radius 3 is 2.45 bits per heavy atom. The molecule has 0 bridgehead atoms. The van der Waals surface area contributed by atoms with E-state index in [9.17, 15) is 13.6 Å². The molecule has 0 saturated carbocycles. The number of aromatic nitrogens is 1. The van der Waals surface area contributed by atoms with Gasteiger partial charge in [0.25, 0.3) is 0 Å². The number of pyridine rings is 1. The van der Waals surface area contributed by atoms with E-state index in [0.29, 0.717) is 21.9 Å². The maximum Gasteiger partial charge on any atom is 0.224 e. The van der Waals surface area contributed by atoms with Crippen molar-refractivity contribution in [3.63, 3.8) is 0 Å². The molecule has 1 heterocycles. The van der Waals surface area contributed by atoms with Crippen LogP contribution in [0.5, 0.6) is 0 Å². The van der Waals surface area contributed by atoms with Crippen LogP contribution in [0.25, 0.3) is 5.57 Å². The Balaban J connectivity index is 1.88. The van der Waals surface area contributed by atoms with E-state index in [1.165, 1.54) is 11.8 Å². The van der Waals surface area contributed by atoms with Gasteiger partial charge in [-0.05, 0) is 60.9 Å². The Morgan fingerprint density at radius 2 is 1.72 bits per heavy atom. The third-order valence-corrected chi connectivity index (χ3v) is 7.49. The average Bonchev–Trinajstić information content (AvgIpc) is 2.90. The summed E-state index contributed by atoms with van der Waals surface area (Å²) in [6.07, 6.45) is 8.41. The van der Waals surface area contributed by atoms with E-state index in [4.69, 9.17) is 0 Å². The summed E-state index contributed by atoms with van der Waals surface area (Å²) < 4.78 is 27.4. The molecule has 5 heteroatoms. The summed E-state index contributed by atoms with van der Waals surface area (Å²) in [5, 5.41) is 12.5. The van der Waals surface area contributed by atoms with E-state index in [-0.39, 0.29) is 5.41 Å². The molecule has 4 rings (SSSR count). The largest absolute Gasteiger partial charge is 0.618 e. The highest BCUT2D eigenvalue weighted by Gasteiger charge is 2.33. The normalized spacial score (nSPS) is 19.1. The second-order valence-corrected chi connectivity index (χ2v) is 10.4. The van der Waals surface area contributed by atoms with Crippen LogP contribution < -0.4 is 4.73 Å². The van der Waals surface area contributed by atoms with Gasteiger partial charge in [0.05, 0.1) is 10.5 Å². The molecule has 0 radical (unpaired) electrons. The van der Waals surface area contributed by atoms with Crippen LogP contribution in [0, 0.1) is 10.6 Å². The standard InChI is InChI=1S/C24H25NO3S/c1-24(2)16-18-9-8-12-20(29(27,28)19-10-4-3-5-11-19)15-21(18)22(17-24)23-13-6-7-14-25(23)26/h3-7,10-11,13-15,17H,8-9,12,16H2,1-2H3. The van der Waals surface area contributed by atoms with Crippen molar-refractivity contribution < 1.29 is 13.1 Å². The molecule has 0 saturated heterocycles. The molecule has 4 nitrogen and oxygen atoms in total. The van der Waals surface area contributed by atoms with Crippen LogP contribution in [-0.2, 0) is 9.84 Å². The lowest BCUT2D eigenvalue weighted by atomic mass is 9.74. The van der Waals surface area contributed by atoms with Gasteiger partial charge in [-0.3, -0.25) is 0 Å². The van der Waals surface area contributed by atoms with E-state index in [2.05, 4.69) is 19.9 Å². The quantitative estimate of drug-likeness (QED) is 0.533. The summed E-state index contributed by atoms with van der Waals surface area (Å²) in [6, 6.07) is 13.9. The predicted molar refractivity (Wildman–Crippen MR) is 114 cm³/mol. The molecule has 2 aliphatic rings. The van der Waals surface area contributed by atoms with Crippen molar-refractivity contribution in [3.05, 3.63) is 93.8 Å². The van der Waals surface area contributed by atoms with Crippen molar-refractivity contribution in [1.29, 1.82) is 0 Å². The van der Waals surface area contributed by atoms with Crippen molar-refractivity contribution in [1.82, 2.24) is 0 Å². The van der Waals surface area contributed by atoms with Gasteiger partial charge in [-0.15, -0.1) is 0 Å². The van der Waals surface area contributed by atoms with Crippen LogP contribution in [-0.4, -0.2) is 8.42 Å². The molecule has 2 aliphatic carbocycles. The van der Waals surface area contributed by atoms with E-state index >= 15 is 0 Å². The topological polar surface area (TPSA) is 61.1 Å². The highest BCUT2D eigenvalue weighted by Crippen LogP contribution is 2.45. The summed E-state index contributed by atoms with van der Waals surface area (Å²) in [6.45, 7) is 4.32. The van der Waals surface area contributed by atoms with Gasteiger partial charge >= 0.3 is 0 Å². The molecule has 0 atom stereocenters. The number of nitrogens with zero attached hydrogens (tertiary/aromatic N) is 1. The van der Waals surface area contributed by atoms with Gasteiger partial charge in [0.2, 0.25) is 15.5 Å². The fourth-order valence-electron chi connectivity index (χ4n) is 4.28. The molecule has 0 aliphatic heterocycles. The Kier molecular flexibility index (Phi) is 4.95. The molecule has 0 unspecified atom stereocenters. The van der Waals surface area contributed by atoms with Crippen LogP contribution in [0.3, 0.4) is 0 Å². The second-order valence-electron chi connectivity index (χ2n) is 8.43. The number of hydrogen-bond acceptors (Lipinski definition) is 3. The zero-order valence-corrected chi connectivity index (χ0v) is 17.6. The summed E-state index contributed by atoms with van der Waals surface area (Å²) in [4.78, 5) is 0.739. The maximum atomic E-state index is 13.3. The van der Waals surface area contributed by atoms with Gasteiger partial charge in [0.15, 0.2) is 6.20 Å². The molecule has 1 aromatic heterocycles. The van der Waals surface area contributed by atoms with Crippen LogP contribution in [0.2, 0.25) is 0 Å². The minimum atomic E-state index is -3.57. The first kappa shape index (κ1) is 19.6. The lowest BCUT2D eigenvalue weighted by molar-refractivity contribution is -0.608. The first-order valence-corrected chi connectivity index (χ1v) is 11.4. The predicted octanol–water partition coefficient (Wildman–Crippen LogP) is 4.97. The molecule has 2 aromatic rings. The highest BCUT2D eigenvalue weighted by molar-refractivity contribution is 7.95. The first-order valence-electron chi connectivity index (χ1n) is 9.92. The van der Waals surface area contributed by atoms with Crippen molar-refractivity contribution in [2.45, 2.75) is 44.4 Å². The molecular weight excluding hydrogens is 382 g/mol. The van der Waals surface area contributed by atoms with Gasteiger partial charge in [-0.1, -0.05) is 43.7 Å². The molecular formula is C24H25NO3S. The zero-order valence-electron chi connectivity index (χ0n) is 16.8. The van der Waals surface area contributed by atoms with Crippen molar-refractivity contribution in [3.8, 4) is 0 Å². The van der Waals surface area contributed by atoms with E-state index in [0.717, 1.165) is 35.1 Å². The van der Waals surface area contributed by atoms with Gasteiger partial charge in [0.1, 0.15) is 0 Å². The maximum absolute atomic E-state index is 13.3. The van der Waals surface area contributed by atoms with Gasteiger partial charge < -0.3 is 5.21 Å². The Morgan fingerprint density at radius 1 is 1.00 bits per heavy atom. The van der Waals surface area contributed by atoms with Crippen LogP contribution >= 0.6 is 0 Å². The Hall–Kier alpha value is -2.66. The molecule has 150 valence electrons. The van der Waals surface area contributed by atoms with E-state index in [1.807, 2.05) is 18.2 Å². The number of rotatable bonds is 3. The van der Waals surface area contributed by atoms with Crippen molar-refractivity contribution in [2.24, 2.45) is 5.41 Å². The van der Waals surface area contributed by atoms with E-state index < -0.39 is 9.84 Å². The third-order valence-electron chi connectivity index (χ3n) is 5.58. The van der Waals surface area contributed by atoms with Gasteiger partial charge in [0, 0.05) is 17.0 Å². The Labute approximate surface area is 172 Å². The molecule has 0 spiro atoms. The molecule has 29 heavy (non-hydrogen) atoms. The lowest BCUT2D eigenvalue weighted by Gasteiger charge is -2.30. The summed E-state index contributed by atoms with van der Waals surface area (Å²) in [5.41, 5.74) is 3.42. The highest BCUT2D eigenvalue weighted by atomic mass is 32.2. The van der Waals surface area contributed by atoms with Gasteiger partial charge in [-0.2, -0.15) is 4.73 Å². The number of allylic oxidation sites excluding steroid dienone is 6.